The van der Waals surface area contributed by atoms with Crippen LogP contribution in [0.5, 0.6) is 0 Å². The second kappa shape index (κ2) is 11.1. The highest BCUT2D eigenvalue weighted by Gasteiger charge is 2.19. The molecule has 0 saturated heterocycles. The van der Waals surface area contributed by atoms with Crippen molar-refractivity contribution in [2.75, 3.05) is 39.9 Å². The lowest BCUT2D eigenvalue weighted by Crippen LogP contribution is -3.00. The Bertz CT molecular complexity index is 128. The van der Waals surface area contributed by atoms with Gasteiger partial charge in [-0.05, 0) is 12.8 Å². The van der Waals surface area contributed by atoms with Crippen LogP contribution in [0.25, 0.3) is 0 Å². The minimum Gasteiger partial charge on any atom is -1.00 e. The van der Waals surface area contributed by atoms with Crippen molar-refractivity contribution in [2.24, 2.45) is 0 Å². The second-order valence-corrected chi connectivity index (χ2v) is 4.30. The lowest BCUT2D eigenvalue weighted by Gasteiger charge is -2.33. The Labute approximate surface area is 111 Å². The van der Waals surface area contributed by atoms with Crippen molar-refractivity contribution >= 4 is 0 Å². The summed E-state index contributed by atoms with van der Waals surface area (Å²) < 4.78 is 0.802. The molecule has 0 aliphatic carbocycles. The summed E-state index contributed by atoms with van der Waals surface area (Å²) in [7, 11) is 2.11. The molecule has 0 aromatic rings. The Balaban J connectivity index is 0. The summed E-state index contributed by atoms with van der Waals surface area (Å²) in [6, 6.07) is 0. The molecule has 0 aromatic heterocycles. The molecule has 94 valence electrons. The number of nitrogens with zero attached hydrogens (tertiary/aromatic N) is 1. The normalized spacial score (nSPS) is 11.2. The SMILES string of the molecule is CCCCCC[N+](C)(CCO)CCO.[I-]. The van der Waals surface area contributed by atoms with E-state index in [0.29, 0.717) is 0 Å². The number of hydrogen-bond donors (Lipinski definition) is 2. The van der Waals surface area contributed by atoms with Gasteiger partial charge in [0.1, 0.15) is 13.1 Å². The van der Waals surface area contributed by atoms with Gasteiger partial charge in [-0.15, -0.1) is 0 Å². The largest absolute Gasteiger partial charge is 1.00 e. The Morgan fingerprint density at radius 3 is 1.80 bits per heavy atom. The van der Waals surface area contributed by atoms with Crippen LogP contribution in [-0.2, 0) is 0 Å². The van der Waals surface area contributed by atoms with Gasteiger partial charge in [-0.2, -0.15) is 0 Å². The zero-order valence-electron chi connectivity index (χ0n) is 10.1. The fourth-order valence-electron chi connectivity index (χ4n) is 1.74. The fraction of sp³-hybridized carbons (Fsp3) is 1.00. The number of quaternary nitrogens is 1. The maximum atomic E-state index is 8.93. The molecule has 0 aromatic carbocycles. The van der Waals surface area contributed by atoms with Gasteiger partial charge in [0.25, 0.3) is 0 Å². The summed E-state index contributed by atoms with van der Waals surface area (Å²) in [5.74, 6) is 0. The van der Waals surface area contributed by atoms with E-state index < -0.39 is 0 Å². The van der Waals surface area contributed by atoms with Crippen LogP contribution in [0.1, 0.15) is 32.6 Å². The van der Waals surface area contributed by atoms with Crippen LogP contribution < -0.4 is 24.0 Å². The van der Waals surface area contributed by atoms with Crippen LogP contribution in [0, 0.1) is 0 Å². The van der Waals surface area contributed by atoms with E-state index in [9.17, 15) is 0 Å². The molecule has 0 amide bonds. The molecule has 0 aliphatic heterocycles. The zero-order chi connectivity index (χ0) is 10.9. The number of aliphatic hydroxyl groups excluding tert-OH is 2. The molecule has 0 heterocycles. The molecule has 0 radical (unpaired) electrons. The molecule has 4 heteroatoms. The van der Waals surface area contributed by atoms with Gasteiger partial charge in [0.2, 0.25) is 0 Å². The van der Waals surface area contributed by atoms with Crippen molar-refractivity contribution in [1.29, 1.82) is 0 Å². The average Bonchev–Trinajstić information content (AvgIpc) is 2.13. The van der Waals surface area contributed by atoms with Gasteiger partial charge in [0.15, 0.2) is 0 Å². The topological polar surface area (TPSA) is 40.5 Å². The highest BCUT2D eigenvalue weighted by atomic mass is 127. The number of rotatable bonds is 9. The zero-order valence-corrected chi connectivity index (χ0v) is 12.2. The van der Waals surface area contributed by atoms with Gasteiger partial charge < -0.3 is 38.7 Å². The molecule has 0 aliphatic rings. The maximum Gasteiger partial charge on any atom is 0.102 e. The van der Waals surface area contributed by atoms with Crippen LogP contribution in [0.4, 0.5) is 0 Å². The van der Waals surface area contributed by atoms with Crippen molar-refractivity contribution in [2.45, 2.75) is 32.6 Å². The molecule has 0 bridgehead atoms. The van der Waals surface area contributed by atoms with Gasteiger partial charge in [0.05, 0.1) is 26.8 Å². The molecule has 3 nitrogen and oxygen atoms in total. The minimum atomic E-state index is 0. The predicted octanol–water partition coefficient (Wildman–Crippen LogP) is -2.00. The van der Waals surface area contributed by atoms with Crippen molar-refractivity contribution in [1.82, 2.24) is 0 Å². The standard InChI is InChI=1S/C11H26NO2.HI/c1-3-4-5-6-7-12(2,8-10-13)9-11-14;/h13-14H,3-11H2,1-2H3;1H/q+1;/p-1. The molecule has 2 N–H and O–H groups in total. The Morgan fingerprint density at radius 1 is 0.867 bits per heavy atom. The van der Waals surface area contributed by atoms with Gasteiger partial charge in [-0.25, -0.2) is 0 Å². The summed E-state index contributed by atoms with van der Waals surface area (Å²) in [6.45, 7) is 5.21. The van der Waals surface area contributed by atoms with Crippen molar-refractivity contribution in [3.8, 4) is 0 Å². The van der Waals surface area contributed by atoms with Crippen LogP contribution in [-0.4, -0.2) is 54.6 Å². The molecule has 0 rings (SSSR count). The Kier molecular flexibility index (Phi) is 13.3. The number of halogens is 1. The molecular formula is C11H26INO2. The first-order valence-corrected chi connectivity index (χ1v) is 5.74. The Hall–Kier alpha value is 0.610. The highest BCUT2D eigenvalue weighted by Crippen LogP contribution is 2.07. The average molecular weight is 331 g/mol. The van der Waals surface area contributed by atoms with Crippen molar-refractivity contribution in [3.63, 3.8) is 0 Å². The third kappa shape index (κ3) is 9.53. The molecule has 0 unspecified atom stereocenters. The summed E-state index contributed by atoms with van der Waals surface area (Å²) in [4.78, 5) is 0. The molecule has 0 saturated carbocycles. The van der Waals surface area contributed by atoms with Gasteiger partial charge in [-0.3, -0.25) is 0 Å². The van der Waals surface area contributed by atoms with E-state index in [1.165, 1.54) is 25.7 Å². The van der Waals surface area contributed by atoms with Crippen LogP contribution >= 0.6 is 0 Å². The number of likely N-dealkylation sites (N-methyl/N-ethyl adjacent to an activating group) is 1. The molecular weight excluding hydrogens is 305 g/mol. The monoisotopic (exact) mass is 331 g/mol. The van der Waals surface area contributed by atoms with Gasteiger partial charge in [-0.1, -0.05) is 19.8 Å². The summed E-state index contributed by atoms with van der Waals surface area (Å²) in [6.07, 6.45) is 5.01. The molecule has 15 heavy (non-hydrogen) atoms. The van der Waals surface area contributed by atoms with E-state index in [1.807, 2.05) is 0 Å². The second-order valence-electron chi connectivity index (χ2n) is 4.30. The van der Waals surface area contributed by atoms with E-state index in [4.69, 9.17) is 10.2 Å². The van der Waals surface area contributed by atoms with Crippen molar-refractivity contribution in [3.05, 3.63) is 0 Å². The molecule has 0 spiro atoms. The fourth-order valence-corrected chi connectivity index (χ4v) is 1.74. The van der Waals surface area contributed by atoms with E-state index in [2.05, 4.69) is 14.0 Å². The van der Waals surface area contributed by atoms with E-state index in [1.54, 1.807) is 0 Å². The van der Waals surface area contributed by atoms with Crippen molar-refractivity contribution < 1.29 is 38.7 Å². The lowest BCUT2D eigenvalue weighted by molar-refractivity contribution is -0.910. The summed E-state index contributed by atoms with van der Waals surface area (Å²) >= 11 is 0. The molecule has 0 fully saturated rings. The maximum absolute atomic E-state index is 8.93. The first-order chi connectivity index (χ1) is 6.68. The third-order valence-electron chi connectivity index (χ3n) is 2.83. The molecule has 0 atom stereocenters. The third-order valence-corrected chi connectivity index (χ3v) is 2.83. The van der Waals surface area contributed by atoms with Gasteiger partial charge in [0, 0.05) is 0 Å². The summed E-state index contributed by atoms with van der Waals surface area (Å²) in [5, 5.41) is 17.9. The van der Waals surface area contributed by atoms with E-state index in [-0.39, 0.29) is 37.2 Å². The number of aliphatic hydroxyl groups is 2. The predicted molar refractivity (Wildman–Crippen MR) is 59.1 cm³/mol. The number of hydrogen-bond acceptors (Lipinski definition) is 2. The highest BCUT2D eigenvalue weighted by molar-refractivity contribution is 4.43. The first kappa shape index (κ1) is 18.0. The van der Waals surface area contributed by atoms with E-state index in [0.717, 1.165) is 24.1 Å². The summed E-state index contributed by atoms with van der Waals surface area (Å²) in [5.41, 5.74) is 0. The Morgan fingerprint density at radius 2 is 1.40 bits per heavy atom. The minimum absolute atomic E-state index is 0. The lowest BCUT2D eigenvalue weighted by atomic mass is 10.2. The first-order valence-electron chi connectivity index (χ1n) is 5.74. The van der Waals surface area contributed by atoms with E-state index >= 15 is 0 Å². The number of unbranched alkanes of at least 4 members (excludes halogenated alkanes) is 3. The van der Waals surface area contributed by atoms with Gasteiger partial charge >= 0.3 is 0 Å². The van der Waals surface area contributed by atoms with Crippen LogP contribution in [0.2, 0.25) is 0 Å². The smallest absolute Gasteiger partial charge is 0.102 e. The quantitative estimate of drug-likeness (QED) is 0.292. The van der Waals surface area contributed by atoms with Crippen LogP contribution in [0.3, 0.4) is 0 Å². The van der Waals surface area contributed by atoms with Crippen LogP contribution in [0.15, 0.2) is 0 Å².